The summed E-state index contributed by atoms with van der Waals surface area (Å²) in [5.74, 6) is -0.352. The smallest absolute Gasteiger partial charge is 0.487 e. The number of nitrogens with zero attached hydrogens (tertiary/aromatic N) is 1. The first-order valence-corrected chi connectivity index (χ1v) is 10.4. The van der Waals surface area contributed by atoms with Crippen molar-refractivity contribution in [2.45, 2.75) is 25.7 Å². The van der Waals surface area contributed by atoms with Crippen LogP contribution >= 0.6 is 0 Å². The van der Waals surface area contributed by atoms with E-state index in [1.54, 1.807) is 42.5 Å². The SMILES string of the molecule is O=C(O)CCc1ccc(NCc2ccc(OCC(=NOC(F)(F)F)c3ccccc3)cc2)cc1. The third kappa shape index (κ3) is 8.50. The third-order valence-electron chi connectivity index (χ3n) is 4.74. The fourth-order valence-corrected chi connectivity index (χ4v) is 3.00. The lowest BCUT2D eigenvalue weighted by molar-refractivity contribution is -0.325. The summed E-state index contributed by atoms with van der Waals surface area (Å²) in [5, 5.41) is 15.2. The third-order valence-corrected chi connectivity index (χ3v) is 4.74. The summed E-state index contributed by atoms with van der Waals surface area (Å²) < 4.78 is 42.9. The van der Waals surface area contributed by atoms with Gasteiger partial charge in [0.15, 0.2) is 0 Å². The van der Waals surface area contributed by atoms with Crippen molar-refractivity contribution >= 4 is 17.4 Å². The lowest BCUT2D eigenvalue weighted by Gasteiger charge is -2.11. The normalized spacial score (nSPS) is 11.7. The molecule has 3 rings (SSSR count). The van der Waals surface area contributed by atoms with Crippen LogP contribution in [-0.2, 0) is 22.6 Å². The van der Waals surface area contributed by atoms with Crippen LogP contribution in [0.4, 0.5) is 18.9 Å². The first-order chi connectivity index (χ1) is 16.3. The molecule has 0 bridgehead atoms. The molecule has 2 N–H and O–H groups in total. The predicted molar refractivity (Wildman–Crippen MR) is 122 cm³/mol. The Morgan fingerprint density at radius 3 is 2.18 bits per heavy atom. The highest BCUT2D eigenvalue weighted by Crippen LogP contribution is 2.19. The van der Waals surface area contributed by atoms with Crippen molar-refractivity contribution in [3.8, 4) is 5.75 Å². The summed E-state index contributed by atoms with van der Waals surface area (Å²) in [6.45, 7) is 0.344. The molecular formula is C25H23F3N2O4. The number of benzene rings is 3. The molecule has 0 spiro atoms. The first kappa shape index (κ1) is 24.6. The molecule has 6 nitrogen and oxygen atoms in total. The summed E-state index contributed by atoms with van der Waals surface area (Å²) in [4.78, 5) is 14.3. The van der Waals surface area contributed by atoms with E-state index in [1.165, 1.54) is 0 Å². The van der Waals surface area contributed by atoms with Gasteiger partial charge in [-0.2, -0.15) is 0 Å². The summed E-state index contributed by atoms with van der Waals surface area (Å²) in [6.07, 6.45) is -4.31. The van der Waals surface area contributed by atoms with Crippen molar-refractivity contribution < 1.29 is 32.6 Å². The number of aryl methyl sites for hydroxylation is 1. The molecule has 0 saturated carbocycles. The average molecular weight is 472 g/mol. The number of anilines is 1. The van der Waals surface area contributed by atoms with Crippen molar-refractivity contribution in [2.75, 3.05) is 11.9 Å². The zero-order valence-corrected chi connectivity index (χ0v) is 18.1. The van der Waals surface area contributed by atoms with E-state index >= 15 is 0 Å². The Labute approximate surface area is 194 Å². The maximum Gasteiger partial charge on any atom is 0.593 e. The lowest BCUT2D eigenvalue weighted by atomic mass is 10.1. The van der Waals surface area contributed by atoms with Crippen molar-refractivity contribution in [1.29, 1.82) is 0 Å². The minimum absolute atomic E-state index is 0.00969. The van der Waals surface area contributed by atoms with Crippen molar-refractivity contribution in [2.24, 2.45) is 5.16 Å². The van der Waals surface area contributed by atoms with Crippen LogP contribution < -0.4 is 10.1 Å². The maximum atomic E-state index is 12.4. The second-order valence-electron chi connectivity index (χ2n) is 7.32. The van der Waals surface area contributed by atoms with Crippen LogP contribution in [0.25, 0.3) is 0 Å². The quantitative estimate of drug-likeness (QED) is 0.279. The van der Waals surface area contributed by atoms with E-state index in [2.05, 4.69) is 15.3 Å². The Kier molecular flexibility index (Phi) is 8.50. The number of carbonyl (C=O) groups is 1. The van der Waals surface area contributed by atoms with Gasteiger partial charge in [-0.1, -0.05) is 59.8 Å². The Balaban J connectivity index is 1.54. The number of nitrogens with one attached hydrogen (secondary N) is 1. The molecule has 0 amide bonds. The Morgan fingerprint density at radius 2 is 1.56 bits per heavy atom. The number of alkyl halides is 3. The monoisotopic (exact) mass is 472 g/mol. The largest absolute Gasteiger partial charge is 0.593 e. The Hall–Kier alpha value is -4.01. The Morgan fingerprint density at radius 1 is 0.912 bits per heavy atom. The number of oxime groups is 1. The first-order valence-electron chi connectivity index (χ1n) is 10.4. The van der Waals surface area contributed by atoms with Gasteiger partial charge in [0.2, 0.25) is 0 Å². The van der Waals surface area contributed by atoms with Crippen LogP contribution in [0.15, 0.2) is 84.0 Å². The standard InChI is InChI=1S/C25H23F3N2O4/c26-25(27,28)34-30-23(20-4-2-1-3-5-20)17-33-22-13-8-19(9-14-22)16-29-21-11-6-18(7-12-21)10-15-24(31)32/h1-9,11-14,29H,10,15-17H2,(H,31,32). The number of carboxylic acid groups (broad SMARTS) is 1. The lowest BCUT2D eigenvalue weighted by Crippen LogP contribution is -2.17. The minimum Gasteiger partial charge on any atom is -0.487 e. The van der Waals surface area contributed by atoms with Crippen molar-refractivity contribution in [3.05, 3.63) is 95.6 Å². The van der Waals surface area contributed by atoms with E-state index in [1.807, 2.05) is 36.4 Å². The van der Waals surface area contributed by atoms with Gasteiger partial charge in [-0.05, 0) is 41.8 Å². The van der Waals surface area contributed by atoms with E-state index in [-0.39, 0.29) is 18.7 Å². The number of hydrogen-bond donors (Lipinski definition) is 2. The minimum atomic E-state index is -4.88. The molecule has 3 aromatic carbocycles. The van der Waals surface area contributed by atoms with E-state index in [4.69, 9.17) is 9.84 Å². The van der Waals surface area contributed by atoms with E-state index in [0.717, 1.165) is 16.8 Å². The summed E-state index contributed by atoms with van der Waals surface area (Å²) in [5.41, 5.74) is 3.29. The van der Waals surface area contributed by atoms with E-state index in [0.29, 0.717) is 24.3 Å². The number of aliphatic carboxylic acids is 1. The second kappa shape index (κ2) is 11.7. The number of hydrogen-bond acceptors (Lipinski definition) is 5. The average Bonchev–Trinajstić information content (AvgIpc) is 2.82. The Bertz CT molecular complexity index is 1080. The van der Waals surface area contributed by atoms with Gasteiger partial charge in [-0.25, -0.2) is 0 Å². The molecule has 0 aromatic heterocycles. The van der Waals surface area contributed by atoms with Crippen molar-refractivity contribution in [1.82, 2.24) is 0 Å². The molecular weight excluding hydrogens is 449 g/mol. The number of carboxylic acids is 1. The van der Waals surface area contributed by atoms with Crippen LogP contribution in [-0.4, -0.2) is 29.8 Å². The van der Waals surface area contributed by atoms with Gasteiger partial charge in [-0.15, -0.1) is 13.2 Å². The molecule has 0 aliphatic rings. The molecule has 0 heterocycles. The number of halogens is 3. The molecule has 0 fully saturated rings. The van der Waals surface area contributed by atoms with Crippen LogP contribution in [0.1, 0.15) is 23.1 Å². The maximum absolute atomic E-state index is 12.4. The van der Waals surface area contributed by atoms with Gasteiger partial charge in [0, 0.05) is 24.2 Å². The molecule has 0 aliphatic carbocycles. The second-order valence-corrected chi connectivity index (χ2v) is 7.32. The highest BCUT2D eigenvalue weighted by molar-refractivity contribution is 6.01. The number of rotatable bonds is 11. The fraction of sp³-hybridized carbons (Fsp3) is 0.200. The molecule has 9 heteroatoms. The fourth-order valence-electron chi connectivity index (χ4n) is 3.00. The van der Waals surface area contributed by atoms with Gasteiger partial charge in [0.1, 0.15) is 18.1 Å². The molecule has 34 heavy (non-hydrogen) atoms. The summed E-state index contributed by atoms with van der Waals surface area (Å²) in [6, 6.07) is 23.0. The molecule has 178 valence electrons. The van der Waals surface area contributed by atoms with Crippen LogP contribution in [0, 0.1) is 0 Å². The molecule has 0 saturated heterocycles. The van der Waals surface area contributed by atoms with Crippen LogP contribution in [0.3, 0.4) is 0 Å². The van der Waals surface area contributed by atoms with Gasteiger partial charge in [0.25, 0.3) is 0 Å². The zero-order valence-electron chi connectivity index (χ0n) is 18.1. The zero-order chi connectivity index (χ0) is 24.4. The van der Waals surface area contributed by atoms with E-state index in [9.17, 15) is 18.0 Å². The van der Waals surface area contributed by atoms with Crippen molar-refractivity contribution in [3.63, 3.8) is 0 Å². The van der Waals surface area contributed by atoms with E-state index < -0.39 is 12.3 Å². The topological polar surface area (TPSA) is 80.2 Å². The highest BCUT2D eigenvalue weighted by Gasteiger charge is 2.31. The highest BCUT2D eigenvalue weighted by atomic mass is 19.4. The summed E-state index contributed by atoms with van der Waals surface area (Å²) in [7, 11) is 0. The van der Waals surface area contributed by atoms with Gasteiger partial charge >= 0.3 is 12.3 Å². The van der Waals surface area contributed by atoms with Gasteiger partial charge < -0.3 is 15.2 Å². The van der Waals surface area contributed by atoms with Gasteiger partial charge in [-0.3, -0.25) is 9.63 Å². The molecule has 3 aromatic rings. The molecule has 0 atom stereocenters. The summed E-state index contributed by atoms with van der Waals surface area (Å²) >= 11 is 0. The molecule has 0 aliphatic heterocycles. The van der Waals surface area contributed by atoms with Crippen LogP contribution in [0.2, 0.25) is 0 Å². The van der Waals surface area contributed by atoms with Crippen LogP contribution in [0.5, 0.6) is 5.75 Å². The van der Waals surface area contributed by atoms with Gasteiger partial charge in [0.05, 0.1) is 0 Å². The molecule has 0 radical (unpaired) electrons. The number of ether oxygens (including phenoxy) is 1. The molecule has 0 unspecified atom stereocenters. The predicted octanol–water partition coefficient (Wildman–Crippen LogP) is 5.64.